The van der Waals surface area contributed by atoms with Gasteiger partial charge in [-0.2, -0.15) is 0 Å². The van der Waals surface area contributed by atoms with Crippen LogP contribution in [0.5, 0.6) is 0 Å². The van der Waals surface area contributed by atoms with Crippen LogP contribution in [0.4, 0.5) is 0 Å². The quantitative estimate of drug-likeness (QED) is 0.269. The Kier molecular flexibility index (Phi) is 10.7. The number of aromatic nitrogens is 1. The van der Waals surface area contributed by atoms with E-state index in [1.54, 1.807) is 64.3 Å². The van der Waals surface area contributed by atoms with Crippen LogP contribution in [0, 0.1) is 17.8 Å². The fourth-order valence-corrected chi connectivity index (χ4v) is 5.76. The van der Waals surface area contributed by atoms with Gasteiger partial charge >= 0.3 is 5.97 Å². The fourth-order valence-electron chi connectivity index (χ4n) is 4.94. The lowest BCUT2D eigenvalue weighted by atomic mass is 9.61. The van der Waals surface area contributed by atoms with Crippen LogP contribution < -0.4 is 17.2 Å². The second kappa shape index (κ2) is 12.8. The van der Waals surface area contributed by atoms with Crippen molar-refractivity contribution in [3.63, 3.8) is 0 Å². The van der Waals surface area contributed by atoms with Crippen molar-refractivity contribution in [1.82, 2.24) is 4.98 Å². The van der Waals surface area contributed by atoms with Gasteiger partial charge in [-0.3, -0.25) is 14.4 Å². The molecule has 1 aromatic heterocycles. The van der Waals surface area contributed by atoms with E-state index in [2.05, 4.69) is 4.98 Å². The number of ketones is 2. The van der Waals surface area contributed by atoms with Crippen LogP contribution >= 0.6 is 11.3 Å². The third-order valence-electron chi connectivity index (χ3n) is 6.62. The molecule has 2 aromatic rings. The van der Waals surface area contributed by atoms with Gasteiger partial charge in [0.05, 0.1) is 18.0 Å². The number of ether oxygens (including phenoxy) is 1. The van der Waals surface area contributed by atoms with E-state index in [1.807, 2.05) is 19.9 Å². The zero-order chi connectivity index (χ0) is 29.8. The number of Topliss-reactive ketones (excluding diaryl/α,β-unsaturated/α-hetero) is 2. The highest BCUT2D eigenvalue weighted by atomic mass is 32.1. The van der Waals surface area contributed by atoms with Gasteiger partial charge in [0.1, 0.15) is 16.1 Å². The summed E-state index contributed by atoms with van der Waals surface area (Å²) in [5.41, 5.74) is 14.3. The van der Waals surface area contributed by atoms with Crippen LogP contribution in [0.25, 0.3) is 0 Å². The van der Waals surface area contributed by atoms with Crippen molar-refractivity contribution in [3.8, 4) is 0 Å². The third kappa shape index (κ3) is 7.18. The van der Waals surface area contributed by atoms with Crippen molar-refractivity contribution in [2.24, 2.45) is 35.0 Å². The van der Waals surface area contributed by atoms with Crippen molar-refractivity contribution in [2.45, 2.75) is 90.1 Å². The number of aliphatic hydroxyl groups is 1. The van der Waals surface area contributed by atoms with E-state index < -0.39 is 58.2 Å². The lowest BCUT2D eigenvalue weighted by Gasteiger charge is -2.48. The smallest absolute Gasteiger partial charge is 0.312 e. The molecule has 0 saturated carbocycles. The van der Waals surface area contributed by atoms with E-state index in [0.717, 1.165) is 16.9 Å². The Balaban J connectivity index is 2.85. The molecule has 0 fully saturated rings. The molecule has 0 aliphatic rings. The summed E-state index contributed by atoms with van der Waals surface area (Å²) in [5.74, 6) is -4.70. The first-order chi connectivity index (χ1) is 18.0. The molecule has 10 heteroatoms. The van der Waals surface area contributed by atoms with Gasteiger partial charge in [0.25, 0.3) is 0 Å². The number of thiazole rings is 1. The predicted molar refractivity (Wildman–Crippen MR) is 153 cm³/mol. The van der Waals surface area contributed by atoms with E-state index in [4.69, 9.17) is 21.9 Å². The van der Waals surface area contributed by atoms with Crippen molar-refractivity contribution < 1.29 is 24.2 Å². The average Bonchev–Trinajstić information content (AvgIpc) is 3.36. The molecule has 7 N–H and O–H groups in total. The Morgan fingerprint density at radius 2 is 1.59 bits per heavy atom. The zero-order valence-electron chi connectivity index (χ0n) is 24.0. The molecular formula is C29H44N4O5S. The first kappa shape index (κ1) is 32.7. The van der Waals surface area contributed by atoms with Gasteiger partial charge < -0.3 is 27.0 Å². The lowest BCUT2D eigenvalue weighted by molar-refractivity contribution is -0.180. The SMILES string of the molecule is CC(C)CC(N)C(=O)[C@@](O)(c1nccs1)[C@](N)(C(=O)C(N)Cc1ccccc1)C(C(=O)OC(C)(C)C)C(C)C. The van der Waals surface area contributed by atoms with Crippen molar-refractivity contribution in [2.75, 3.05) is 0 Å². The lowest BCUT2D eigenvalue weighted by Crippen LogP contribution is -2.76. The van der Waals surface area contributed by atoms with Crippen LogP contribution in [-0.4, -0.2) is 50.8 Å². The maximum absolute atomic E-state index is 14.4. The number of hydrogen-bond donors (Lipinski definition) is 4. The highest BCUT2D eigenvalue weighted by Gasteiger charge is 2.67. The van der Waals surface area contributed by atoms with Gasteiger partial charge in [0.2, 0.25) is 5.60 Å². The summed E-state index contributed by atoms with van der Waals surface area (Å²) in [6.45, 7) is 12.1. The van der Waals surface area contributed by atoms with E-state index in [1.165, 1.54) is 6.20 Å². The van der Waals surface area contributed by atoms with Crippen LogP contribution in [0.2, 0.25) is 0 Å². The molecule has 1 aromatic carbocycles. The molecule has 9 nitrogen and oxygen atoms in total. The van der Waals surface area contributed by atoms with Crippen molar-refractivity contribution in [3.05, 3.63) is 52.5 Å². The molecule has 39 heavy (non-hydrogen) atoms. The summed E-state index contributed by atoms with van der Waals surface area (Å²) in [6, 6.07) is 6.59. The Hall–Kier alpha value is -2.50. The van der Waals surface area contributed by atoms with Gasteiger partial charge in [0, 0.05) is 11.6 Å². The molecule has 216 valence electrons. The molecule has 0 saturated heterocycles. The van der Waals surface area contributed by atoms with Gasteiger partial charge in [-0.15, -0.1) is 11.3 Å². The number of esters is 1. The summed E-state index contributed by atoms with van der Waals surface area (Å²) >= 11 is 0.946. The van der Waals surface area contributed by atoms with Crippen LogP contribution in [0.3, 0.4) is 0 Å². The van der Waals surface area contributed by atoms with Crippen LogP contribution in [0.1, 0.15) is 65.5 Å². The van der Waals surface area contributed by atoms with Gasteiger partial charge in [-0.05, 0) is 51.0 Å². The molecule has 0 bridgehead atoms. The topological polar surface area (TPSA) is 172 Å². The van der Waals surface area contributed by atoms with E-state index in [-0.39, 0.29) is 23.8 Å². The van der Waals surface area contributed by atoms with Crippen molar-refractivity contribution >= 4 is 28.9 Å². The van der Waals surface area contributed by atoms with E-state index in [0.29, 0.717) is 0 Å². The molecule has 5 atom stereocenters. The average molecular weight is 561 g/mol. The third-order valence-corrected chi connectivity index (χ3v) is 7.50. The normalized spacial score (nSPS) is 17.7. The summed E-state index contributed by atoms with van der Waals surface area (Å²) in [4.78, 5) is 46.5. The minimum absolute atomic E-state index is 0.000500. The Morgan fingerprint density at radius 1 is 1.00 bits per heavy atom. The first-order valence-corrected chi connectivity index (χ1v) is 14.1. The van der Waals surface area contributed by atoms with Crippen LogP contribution in [0.15, 0.2) is 41.9 Å². The summed E-state index contributed by atoms with van der Waals surface area (Å²) in [5, 5.41) is 13.9. The van der Waals surface area contributed by atoms with E-state index in [9.17, 15) is 19.5 Å². The van der Waals surface area contributed by atoms with Gasteiger partial charge in [0.15, 0.2) is 11.6 Å². The first-order valence-electron chi connectivity index (χ1n) is 13.2. The Bertz CT molecular complexity index is 1120. The molecule has 0 radical (unpaired) electrons. The van der Waals surface area contributed by atoms with Gasteiger partial charge in [-0.25, -0.2) is 4.98 Å². The number of rotatable bonds is 13. The standard InChI is InChI=1S/C29H44N4O5S/c1-17(2)15-20(30)24(35)29(37,26-33-13-14-39-26)28(32,22(18(3)4)25(36)38-27(5,6)7)23(34)21(31)16-19-11-9-8-10-12-19/h8-14,17-18,20-22,37H,15-16,30-32H2,1-7H3/t20?,21?,22?,28-,29-/m1/s1. The number of hydrogen-bond acceptors (Lipinski definition) is 10. The zero-order valence-corrected chi connectivity index (χ0v) is 24.8. The van der Waals surface area contributed by atoms with E-state index >= 15 is 0 Å². The molecule has 0 aliphatic carbocycles. The number of nitrogens with two attached hydrogens (primary N) is 3. The number of nitrogens with zero attached hydrogens (tertiary/aromatic N) is 1. The number of carbonyl (C=O) groups excluding carboxylic acids is 3. The largest absolute Gasteiger partial charge is 0.460 e. The molecule has 2 rings (SSSR count). The fraction of sp³-hybridized carbons (Fsp3) is 0.586. The summed E-state index contributed by atoms with van der Waals surface area (Å²) in [7, 11) is 0. The number of benzene rings is 1. The summed E-state index contributed by atoms with van der Waals surface area (Å²) in [6.07, 6.45) is 1.67. The highest BCUT2D eigenvalue weighted by molar-refractivity contribution is 7.09. The Morgan fingerprint density at radius 3 is 2.05 bits per heavy atom. The molecule has 3 unspecified atom stereocenters. The minimum Gasteiger partial charge on any atom is -0.460 e. The van der Waals surface area contributed by atoms with Gasteiger partial charge in [-0.1, -0.05) is 58.0 Å². The maximum Gasteiger partial charge on any atom is 0.312 e. The predicted octanol–water partition coefficient (Wildman–Crippen LogP) is 2.72. The van der Waals surface area contributed by atoms with Crippen LogP contribution in [-0.2, 0) is 31.1 Å². The highest BCUT2D eigenvalue weighted by Crippen LogP contribution is 2.44. The second-order valence-corrected chi connectivity index (χ2v) is 12.8. The molecular weight excluding hydrogens is 516 g/mol. The van der Waals surface area contributed by atoms with Crippen molar-refractivity contribution in [1.29, 1.82) is 0 Å². The number of carbonyl (C=O) groups is 3. The molecule has 0 spiro atoms. The molecule has 0 amide bonds. The second-order valence-electron chi connectivity index (χ2n) is 11.9. The Labute approximate surface area is 235 Å². The molecule has 0 aliphatic heterocycles. The molecule has 1 heterocycles. The summed E-state index contributed by atoms with van der Waals surface area (Å²) < 4.78 is 5.69. The maximum atomic E-state index is 14.4. The minimum atomic E-state index is -2.76. The monoisotopic (exact) mass is 560 g/mol.